The summed E-state index contributed by atoms with van der Waals surface area (Å²) in [5.74, 6) is -0.464. The summed E-state index contributed by atoms with van der Waals surface area (Å²) >= 11 is 0. The normalized spacial score (nSPS) is 14.8. The molecule has 2 heterocycles. The molecule has 0 aliphatic carbocycles. The summed E-state index contributed by atoms with van der Waals surface area (Å²) in [6, 6.07) is 2.70. The van der Waals surface area contributed by atoms with E-state index in [1.165, 1.54) is 4.90 Å². The number of nitrogens with zero attached hydrogens (tertiary/aromatic N) is 3. The van der Waals surface area contributed by atoms with E-state index in [1.807, 2.05) is 0 Å². The lowest BCUT2D eigenvalue weighted by atomic mass is 9.89. The van der Waals surface area contributed by atoms with Crippen LogP contribution < -0.4 is 0 Å². The molecule has 36 heavy (non-hydrogen) atoms. The Morgan fingerprint density at radius 3 is 2.11 bits per heavy atom. The zero-order valence-corrected chi connectivity index (χ0v) is 19.8. The zero-order chi connectivity index (χ0) is 26.9. The molecule has 0 spiro atoms. The summed E-state index contributed by atoms with van der Waals surface area (Å²) in [7, 11) is 0. The number of benzene rings is 1. The minimum Gasteiger partial charge on any atom is -0.465 e. The predicted molar refractivity (Wildman–Crippen MR) is 114 cm³/mol. The number of aryl methyl sites for hydroxylation is 1. The molecule has 0 radical (unpaired) electrons. The molecular formula is C23H25F6N3O4. The van der Waals surface area contributed by atoms with Gasteiger partial charge in [0, 0.05) is 13.1 Å². The van der Waals surface area contributed by atoms with Crippen molar-refractivity contribution in [3.63, 3.8) is 0 Å². The van der Waals surface area contributed by atoms with Crippen LogP contribution in [0.25, 0.3) is 0 Å². The van der Waals surface area contributed by atoms with Gasteiger partial charge >= 0.3 is 24.4 Å². The molecule has 198 valence electrons. The van der Waals surface area contributed by atoms with Crippen LogP contribution in [0.3, 0.4) is 0 Å². The number of amides is 1. The number of hydrogen-bond donors (Lipinski definition) is 0. The molecule has 0 fully saturated rings. The molecule has 1 aromatic carbocycles. The van der Waals surface area contributed by atoms with Crippen LogP contribution in [-0.4, -0.2) is 39.9 Å². The number of alkyl halides is 6. The van der Waals surface area contributed by atoms with Crippen LogP contribution in [0.5, 0.6) is 0 Å². The minimum absolute atomic E-state index is 0.0106. The number of rotatable bonds is 5. The minimum atomic E-state index is -5.00. The second-order valence-corrected chi connectivity index (χ2v) is 8.83. The van der Waals surface area contributed by atoms with Crippen LogP contribution in [-0.2, 0) is 51.7 Å². The van der Waals surface area contributed by atoms with Gasteiger partial charge in [-0.25, -0.2) is 4.79 Å². The van der Waals surface area contributed by atoms with Gasteiger partial charge in [-0.05, 0) is 57.0 Å². The summed E-state index contributed by atoms with van der Waals surface area (Å²) in [5.41, 5.74) is -3.42. The third-order valence-corrected chi connectivity index (χ3v) is 5.71. The van der Waals surface area contributed by atoms with Crippen LogP contribution in [0.2, 0.25) is 0 Å². The molecule has 7 nitrogen and oxygen atoms in total. The first kappa shape index (κ1) is 27.3. The highest BCUT2D eigenvalue weighted by molar-refractivity contribution is 5.81. The van der Waals surface area contributed by atoms with E-state index in [-0.39, 0.29) is 25.8 Å². The lowest BCUT2D eigenvalue weighted by Gasteiger charge is -2.21. The van der Waals surface area contributed by atoms with Gasteiger partial charge < -0.3 is 14.4 Å². The Balaban J connectivity index is 1.75. The largest absolute Gasteiger partial charge is 0.465 e. The Labute approximate surface area is 203 Å². The average molecular weight is 521 g/mol. The van der Waals surface area contributed by atoms with Gasteiger partial charge in [0.15, 0.2) is 0 Å². The Morgan fingerprint density at radius 1 is 0.944 bits per heavy atom. The van der Waals surface area contributed by atoms with Gasteiger partial charge in [0.2, 0.25) is 0 Å². The molecule has 13 heteroatoms. The van der Waals surface area contributed by atoms with Crippen molar-refractivity contribution >= 4 is 12.1 Å². The number of carbonyl (C=O) groups is 2. The quantitative estimate of drug-likeness (QED) is 0.394. The van der Waals surface area contributed by atoms with E-state index >= 15 is 0 Å². The molecule has 0 unspecified atom stereocenters. The molecule has 0 atom stereocenters. The number of ether oxygens (including phenoxy) is 2. The summed E-state index contributed by atoms with van der Waals surface area (Å²) in [5, 5.41) is 4.46. The van der Waals surface area contributed by atoms with Gasteiger partial charge in [-0.3, -0.25) is 9.48 Å². The lowest BCUT2D eigenvalue weighted by molar-refractivity contribution is -0.149. The first-order valence-corrected chi connectivity index (χ1v) is 11.1. The van der Waals surface area contributed by atoms with Crippen molar-refractivity contribution in [2.24, 2.45) is 0 Å². The summed E-state index contributed by atoms with van der Waals surface area (Å²) < 4.78 is 90.2. The van der Waals surface area contributed by atoms with E-state index in [1.54, 1.807) is 31.5 Å². The second-order valence-electron chi connectivity index (χ2n) is 8.83. The van der Waals surface area contributed by atoms with Crippen LogP contribution in [0, 0.1) is 0 Å². The third-order valence-electron chi connectivity index (χ3n) is 5.71. The van der Waals surface area contributed by atoms with E-state index < -0.39 is 53.1 Å². The van der Waals surface area contributed by atoms with Crippen molar-refractivity contribution in [2.45, 2.75) is 64.7 Å². The van der Waals surface area contributed by atoms with Crippen LogP contribution in [0.4, 0.5) is 31.1 Å². The molecule has 1 aliphatic rings. The van der Waals surface area contributed by atoms with Gasteiger partial charge in [0.1, 0.15) is 12.0 Å². The fourth-order valence-corrected chi connectivity index (χ4v) is 3.68. The van der Waals surface area contributed by atoms with E-state index in [9.17, 15) is 35.9 Å². The van der Waals surface area contributed by atoms with Crippen molar-refractivity contribution < 1.29 is 45.4 Å². The Bertz CT molecular complexity index is 1090. The zero-order valence-electron chi connectivity index (χ0n) is 19.8. The Kier molecular flexibility index (Phi) is 7.61. The fraction of sp³-hybridized carbons (Fsp3) is 0.522. The first-order chi connectivity index (χ1) is 16.6. The van der Waals surface area contributed by atoms with Gasteiger partial charge in [-0.2, -0.15) is 31.4 Å². The second kappa shape index (κ2) is 10.0. The maximum atomic E-state index is 13.1. The number of hydrogen-bond acceptors (Lipinski definition) is 5. The number of halogens is 6. The molecule has 1 aliphatic heterocycles. The Morgan fingerprint density at radius 2 is 1.56 bits per heavy atom. The van der Waals surface area contributed by atoms with Crippen LogP contribution >= 0.6 is 0 Å². The Hall–Kier alpha value is -3.25. The van der Waals surface area contributed by atoms with Crippen molar-refractivity contribution in [2.75, 3.05) is 13.2 Å². The van der Waals surface area contributed by atoms with Crippen LogP contribution in [0.1, 0.15) is 55.3 Å². The van der Waals surface area contributed by atoms with Gasteiger partial charge in [-0.1, -0.05) is 0 Å². The average Bonchev–Trinajstić information content (AvgIpc) is 3.08. The maximum absolute atomic E-state index is 13.1. The molecule has 1 amide bonds. The number of fused-ring (bicyclic) bond motifs is 1. The summed E-state index contributed by atoms with van der Waals surface area (Å²) in [6.07, 6.45) is -10.4. The van der Waals surface area contributed by atoms with Gasteiger partial charge in [0.25, 0.3) is 0 Å². The first-order valence-electron chi connectivity index (χ1n) is 11.1. The summed E-state index contributed by atoms with van der Waals surface area (Å²) in [6.45, 7) is 5.11. The molecule has 1 aromatic heterocycles. The van der Waals surface area contributed by atoms with E-state index in [0.717, 1.165) is 0 Å². The van der Waals surface area contributed by atoms with E-state index in [0.29, 0.717) is 36.5 Å². The fourth-order valence-electron chi connectivity index (χ4n) is 3.68. The molecule has 0 bridgehead atoms. The summed E-state index contributed by atoms with van der Waals surface area (Å²) in [4.78, 5) is 26.2. The number of esters is 1. The predicted octanol–water partition coefficient (Wildman–Crippen LogP) is 5.30. The van der Waals surface area contributed by atoms with E-state index in [4.69, 9.17) is 9.47 Å². The number of aromatic nitrogens is 2. The molecule has 0 saturated carbocycles. The molecule has 0 saturated heterocycles. The highest BCUT2D eigenvalue weighted by atomic mass is 19.4. The SMILES string of the molecule is CCOC(=O)C(C)(C)c1cc2n(n1)CCCN(C(=O)OCc1cc(C(F)(F)F)cc(C(F)(F)F)c1)C2. The highest BCUT2D eigenvalue weighted by Gasteiger charge is 2.38. The number of carbonyl (C=O) groups excluding carboxylic acids is 2. The molecular weight excluding hydrogens is 496 g/mol. The van der Waals surface area contributed by atoms with Crippen LogP contribution in [0.15, 0.2) is 24.3 Å². The smallest absolute Gasteiger partial charge is 0.416 e. The topological polar surface area (TPSA) is 73.7 Å². The standard InChI is InChI=1S/C23H25F6N3O4/c1-4-35-19(33)21(2,3)18-11-17-12-31(6-5-7-32(17)30-18)20(34)36-13-14-8-15(22(24,25)26)10-16(9-14)23(27,28)29/h8-11H,4-7,12-13H2,1-3H3. The van der Waals surface area contributed by atoms with E-state index in [2.05, 4.69) is 5.10 Å². The monoisotopic (exact) mass is 521 g/mol. The van der Waals surface area contributed by atoms with Crippen molar-refractivity contribution in [1.29, 1.82) is 0 Å². The van der Waals surface area contributed by atoms with Crippen molar-refractivity contribution in [3.8, 4) is 0 Å². The highest BCUT2D eigenvalue weighted by Crippen LogP contribution is 2.36. The maximum Gasteiger partial charge on any atom is 0.416 e. The third kappa shape index (κ3) is 6.11. The molecule has 3 rings (SSSR count). The van der Waals surface area contributed by atoms with Gasteiger partial charge in [-0.15, -0.1) is 0 Å². The van der Waals surface area contributed by atoms with Crippen molar-refractivity contribution in [1.82, 2.24) is 14.7 Å². The van der Waals surface area contributed by atoms with Gasteiger partial charge in [0.05, 0.1) is 35.7 Å². The molecule has 0 N–H and O–H groups in total. The van der Waals surface area contributed by atoms with Crippen molar-refractivity contribution in [3.05, 3.63) is 52.3 Å². The molecule has 2 aromatic rings. The lowest BCUT2D eigenvalue weighted by Crippen LogP contribution is -2.32.